The molecular weight excluding hydrogens is 262 g/mol. The molecule has 0 saturated heterocycles. The van der Waals surface area contributed by atoms with Gasteiger partial charge in [-0.05, 0) is 27.2 Å². The summed E-state index contributed by atoms with van der Waals surface area (Å²) in [4.78, 5) is 16.5. The second kappa shape index (κ2) is 3.94. The Balaban J connectivity index is 1.88. The van der Waals surface area contributed by atoms with Crippen molar-refractivity contribution in [3.63, 3.8) is 0 Å². The number of carbonyl (C=O) groups excluding carboxylic acids is 1. The predicted molar refractivity (Wildman–Crippen MR) is 69.8 cm³/mol. The van der Waals surface area contributed by atoms with Crippen LogP contribution < -0.4 is 4.84 Å². The van der Waals surface area contributed by atoms with Crippen LogP contribution in [0, 0.1) is 0 Å². The first-order valence-electron chi connectivity index (χ1n) is 6.54. The van der Waals surface area contributed by atoms with Crippen molar-refractivity contribution in [3.05, 3.63) is 23.3 Å². The molecule has 0 spiro atoms. The minimum Gasteiger partial charge on any atom is -0.492 e. The van der Waals surface area contributed by atoms with Gasteiger partial charge < -0.3 is 14.9 Å². The highest BCUT2D eigenvalue weighted by Crippen LogP contribution is 2.56. The molecule has 3 rings (SSSR count). The van der Waals surface area contributed by atoms with Gasteiger partial charge in [0.2, 0.25) is 11.8 Å². The second-order valence-corrected chi connectivity index (χ2v) is 6.16. The van der Waals surface area contributed by atoms with Crippen molar-refractivity contribution in [3.8, 4) is 11.8 Å². The smallest absolute Gasteiger partial charge is 0.492 e. The summed E-state index contributed by atoms with van der Waals surface area (Å²) in [6, 6.07) is 0. The largest absolute Gasteiger partial charge is 0.534 e. The van der Waals surface area contributed by atoms with Crippen LogP contribution in [0.25, 0.3) is 0 Å². The number of rotatable bonds is 1. The molecule has 2 bridgehead atoms. The molecule has 1 aromatic heterocycles. The van der Waals surface area contributed by atoms with E-state index in [1.165, 1.54) is 0 Å². The lowest BCUT2D eigenvalue weighted by molar-refractivity contribution is -0.0175. The van der Waals surface area contributed by atoms with Gasteiger partial charge in [0.1, 0.15) is 5.60 Å². The molecule has 0 radical (unpaired) electrons. The number of fused-ring (bicyclic) bond motifs is 5. The monoisotopic (exact) mass is 279 g/mol. The highest BCUT2D eigenvalue weighted by atomic mass is 16.8. The minimum atomic E-state index is -0.975. The van der Waals surface area contributed by atoms with Crippen molar-refractivity contribution in [1.29, 1.82) is 0 Å². The van der Waals surface area contributed by atoms with Gasteiger partial charge in [-0.3, -0.25) is 4.84 Å². The molecular formula is C14H17NO5. The molecule has 6 nitrogen and oxygen atoms in total. The second-order valence-electron chi connectivity index (χ2n) is 6.16. The Labute approximate surface area is 116 Å². The number of aromatic nitrogens is 1. The van der Waals surface area contributed by atoms with Crippen LogP contribution in [0.3, 0.4) is 0 Å². The van der Waals surface area contributed by atoms with Crippen molar-refractivity contribution in [2.45, 2.75) is 44.6 Å². The zero-order valence-corrected chi connectivity index (χ0v) is 11.6. The summed E-state index contributed by atoms with van der Waals surface area (Å²) in [5, 5.41) is 20.3. The average molecular weight is 279 g/mol. The highest BCUT2D eigenvalue weighted by Gasteiger charge is 2.42. The van der Waals surface area contributed by atoms with Crippen LogP contribution in [0.1, 0.15) is 50.2 Å². The van der Waals surface area contributed by atoms with E-state index in [2.05, 4.69) is 0 Å². The van der Waals surface area contributed by atoms with Crippen molar-refractivity contribution in [2.24, 2.45) is 0 Å². The summed E-state index contributed by atoms with van der Waals surface area (Å²) in [6.45, 7) is 5.11. The molecule has 0 fully saturated rings. The summed E-state index contributed by atoms with van der Waals surface area (Å²) in [6.07, 6.45) is 3.85. The van der Waals surface area contributed by atoms with Crippen molar-refractivity contribution >= 4 is 6.16 Å². The van der Waals surface area contributed by atoms with Gasteiger partial charge in [0.25, 0.3) is 0 Å². The molecule has 2 atom stereocenters. The van der Waals surface area contributed by atoms with E-state index in [0.29, 0.717) is 11.1 Å². The molecule has 0 amide bonds. The third-order valence-electron chi connectivity index (χ3n) is 3.54. The topological polar surface area (TPSA) is 80.9 Å². The highest BCUT2D eigenvalue weighted by molar-refractivity contribution is 5.63. The van der Waals surface area contributed by atoms with Gasteiger partial charge in [-0.25, -0.2) is 4.79 Å². The van der Waals surface area contributed by atoms with E-state index < -0.39 is 11.8 Å². The van der Waals surface area contributed by atoms with E-state index in [9.17, 15) is 15.0 Å². The van der Waals surface area contributed by atoms with E-state index in [4.69, 9.17) is 9.57 Å². The Hall–Kier alpha value is -2.11. The van der Waals surface area contributed by atoms with Gasteiger partial charge in [-0.1, -0.05) is 12.2 Å². The first-order chi connectivity index (χ1) is 9.28. The average Bonchev–Trinajstić information content (AvgIpc) is 2.96. The normalized spacial score (nSPS) is 22.9. The molecule has 108 valence electrons. The fourth-order valence-electron chi connectivity index (χ4n) is 2.85. The van der Waals surface area contributed by atoms with Crippen LogP contribution in [0.4, 0.5) is 4.79 Å². The van der Waals surface area contributed by atoms with Crippen LogP contribution in [0.5, 0.6) is 11.8 Å². The molecule has 0 aromatic carbocycles. The molecule has 2 N–H and O–H groups in total. The Morgan fingerprint density at radius 2 is 1.70 bits per heavy atom. The molecule has 1 aromatic rings. The summed E-state index contributed by atoms with van der Waals surface area (Å²) in [7, 11) is 0. The van der Waals surface area contributed by atoms with Crippen LogP contribution in [-0.4, -0.2) is 26.7 Å². The molecule has 1 unspecified atom stereocenters. The van der Waals surface area contributed by atoms with Gasteiger partial charge in [0.05, 0.1) is 0 Å². The third-order valence-corrected chi connectivity index (χ3v) is 3.54. The molecule has 0 saturated carbocycles. The van der Waals surface area contributed by atoms with Gasteiger partial charge >= 0.3 is 6.16 Å². The fraction of sp³-hybridized carbons (Fsp3) is 0.500. The Morgan fingerprint density at radius 3 is 2.15 bits per heavy atom. The number of hydrogen-bond donors (Lipinski definition) is 2. The molecule has 6 heteroatoms. The van der Waals surface area contributed by atoms with Crippen LogP contribution in [0.15, 0.2) is 12.2 Å². The van der Waals surface area contributed by atoms with E-state index in [1.54, 1.807) is 20.8 Å². The zero-order chi connectivity index (χ0) is 14.7. The molecule has 2 aliphatic rings. The summed E-state index contributed by atoms with van der Waals surface area (Å²) >= 11 is 0. The van der Waals surface area contributed by atoms with Crippen LogP contribution in [-0.2, 0) is 4.74 Å². The van der Waals surface area contributed by atoms with E-state index >= 15 is 0 Å². The van der Waals surface area contributed by atoms with E-state index in [1.807, 2.05) is 12.2 Å². The lowest BCUT2D eigenvalue weighted by atomic mass is 10.0. The number of allylic oxidation sites excluding steroid dienone is 2. The van der Waals surface area contributed by atoms with Crippen molar-refractivity contribution in [1.82, 2.24) is 4.73 Å². The first kappa shape index (κ1) is 12.9. The van der Waals surface area contributed by atoms with E-state index in [-0.39, 0.29) is 23.6 Å². The lowest BCUT2D eigenvalue weighted by Gasteiger charge is -2.19. The third kappa shape index (κ3) is 1.83. The van der Waals surface area contributed by atoms with Gasteiger partial charge in [-0.15, -0.1) is 4.73 Å². The summed E-state index contributed by atoms with van der Waals surface area (Å²) in [5.74, 6) is -0.325. The molecule has 0 aliphatic heterocycles. The quantitative estimate of drug-likeness (QED) is 0.609. The maximum Gasteiger partial charge on any atom is 0.534 e. The first-order valence-corrected chi connectivity index (χ1v) is 6.54. The van der Waals surface area contributed by atoms with Gasteiger partial charge in [0, 0.05) is 23.0 Å². The zero-order valence-electron chi connectivity index (χ0n) is 11.6. The van der Waals surface area contributed by atoms with E-state index in [0.717, 1.165) is 11.2 Å². The fourth-order valence-corrected chi connectivity index (χ4v) is 2.85. The van der Waals surface area contributed by atoms with Gasteiger partial charge in [-0.2, -0.15) is 0 Å². The molecule has 1 heterocycles. The maximum absolute atomic E-state index is 11.6. The van der Waals surface area contributed by atoms with Crippen molar-refractivity contribution < 1.29 is 24.6 Å². The minimum absolute atomic E-state index is 0.0735. The Morgan fingerprint density at radius 1 is 1.20 bits per heavy atom. The van der Waals surface area contributed by atoms with Gasteiger partial charge in [0.15, 0.2) is 0 Å². The summed E-state index contributed by atoms with van der Waals surface area (Å²) < 4.78 is 5.74. The molecule has 2 aliphatic carbocycles. The standard InChI is InChI=1S/C14H17NO5/c1-14(2,3)19-13(18)20-15-11(16)9-7-4-5-8(6-7)10(9)12(15)17/h4-5,7-8,16-17H,6H2,1-3H3/t7-,8?/m0/s1. The number of carbonyl (C=O) groups is 1. The van der Waals surface area contributed by atoms with Crippen LogP contribution >= 0.6 is 0 Å². The van der Waals surface area contributed by atoms with Crippen LogP contribution in [0.2, 0.25) is 0 Å². The number of hydrogen-bond acceptors (Lipinski definition) is 5. The predicted octanol–water partition coefficient (Wildman–Crippen LogP) is 2.40. The Bertz CT molecular complexity index is 573. The number of nitrogens with zero attached hydrogens (tertiary/aromatic N) is 1. The lowest BCUT2D eigenvalue weighted by Crippen LogP contribution is -2.29. The number of ether oxygens (including phenoxy) is 1. The van der Waals surface area contributed by atoms with Crippen molar-refractivity contribution in [2.75, 3.05) is 0 Å². The number of aromatic hydroxyl groups is 2. The molecule has 20 heavy (non-hydrogen) atoms. The summed E-state index contributed by atoms with van der Waals surface area (Å²) in [5.41, 5.74) is 0.566. The SMILES string of the molecule is CC(C)(C)OC(=O)On1c(O)c2c(c1O)[C@H]1C=CC2C1. The Kier molecular flexibility index (Phi) is 2.54. The maximum atomic E-state index is 11.6.